The topological polar surface area (TPSA) is 94.2 Å². The molecular formula is C28H25ClN2O6. The van der Waals surface area contributed by atoms with E-state index in [1.54, 1.807) is 54.6 Å². The predicted molar refractivity (Wildman–Crippen MR) is 140 cm³/mol. The summed E-state index contributed by atoms with van der Waals surface area (Å²) in [4.78, 5) is 39.1. The molecule has 190 valence electrons. The van der Waals surface area contributed by atoms with Gasteiger partial charge in [0.25, 0.3) is 11.8 Å². The van der Waals surface area contributed by atoms with Gasteiger partial charge in [0, 0.05) is 5.02 Å². The van der Waals surface area contributed by atoms with E-state index in [0.717, 1.165) is 16.9 Å². The lowest BCUT2D eigenvalue weighted by Crippen LogP contribution is -2.54. The highest BCUT2D eigenvalue weighted by atomic mass is 35.5. The summed E-state index contributed by atoms with van der Waals surface area (Å²) in [5.74, 6) is -0.0143. The van der Waals surface area contributed by atoms with Gasteiger partial charge in [0.15, 0.2) is 11.5 Å². The average Bonchev–Trinajstić information content (AvgIpc) is 2.89. The Morgan fingerprint density at radius 2 is 1.73 bits per heavy atom. The minimum Gasteiger partial charge on any atom is -0.494 e. The van der Waals surface area contributed by atoms with Gasteiger partial charge in [-0.3, -0.25) is 14.9 Å². The lowest BCUT2D eigenvalue weighted by Gasteiger charge is -2.26. The SMILES string of the molecule is CCCOc1ccc(N2C(=O)NC(=O)/C(=C/c3ccc(OCc4cccc(Cl)c4)c(OC)c3)C2=O)cc1. The Kier molecular flexibility index (Phi) is 8.10. The van der Waals surface area contributed by atoms with Crippen molar-refractivity contribution in [3.63, 3.8) is 0 Å². The first kappa shape index (κ1) is 25.8. The van der Waals surface area contributed by atoms with E-state index in [-0.39, 0.29) is 12.2 Å². The molecule has 9 heteroatoms. The van der Waals surface area contributed by atoms with Crippen LogP contribution in [0.15, 0.2) is 72.3 Å². The van der Waals surface area contributed by atoms with Crippen molar-refractivity contribution in [2.75, 3.05) is 18.6 Å². The van der Waals surface area contributed by atoms with Crippen molar-refractivity contribution in [1.29, 1.82) is 0 Å². The fraction of sp³-hybridized carbons (Fsp3) is 0.179. The zero-order valence-electron chi connectivity index (χ0n) is 20.3. The van der Waals surface area contributed by atoms with Crippen molar-refractivity contribution in [2.45, 2.75) is 20.0 Å². The van der Waals surface area contributed by atoms with Crippen molar-refractivity contribution in [3.8, 4) is 17.2 Å². The number of anilines is 1. The third-order valence-electron chi connectivity index (χ3n) is 5.45. The summed E-state index contributed by atoms with van der Waals surface area (Å²) in [5, 5.41) is 2.83. The molecule has 4 rings (SSSR count). The number of benzene rings is 3. The van der Waals surface area contributed by atoms with Crippen molar-refractivity contribution in [1.82, 2.24) is 5.32 Å². The van der Waals surface area contributed by atoms with Gasteiger partial charge >= 0.3 is 6.03 Å². The van der Waals surface area contributed by atoms with Crippen LogP contribution in [0.25, 0.3) is 6.08 Å². The minimum absolute atomic E-state index is 0.194. The number of amides is 4. The first-order valence-electron chi connectivity index (χ1n) is 11.6. The van der Waals surface area contributed by atoms with Crippen molar-refractivity contribution in [2.24, 2.45) is 0 Å². The van der Waals surface area contributed by atoms with E-state index in [1.807, 2.05) is 19.1 Å². The van der Waals surface area contributed by atoms with Gasteiger partial charge in [-0.25, -0.2) is 9.69 Å². The van der Waals surface area contributed by atoms with E-state index in [0.29, 0.717) is 40.1 Å². The fourth-order valence-electron chi connectivity index (χ4n) is 3.65. The van der Waals surface area contributed by atoms with E-state index in [4.69, 9.17) is 25.8 Å². The number of nitrogens with one attached hydrogen (secondary N) is 1. The molecular weight excluding hydrogens is 496 g/mol. The van der Waals surface area contributed by atoms with Crippen LogP contribution >= 0.6 is 11.6 Å². The molecule has 3 aromatic carbocycles. The predicted octanol–water partition coefficient (Wildman–Crippen LogP) is 5.38. The number of imide groups is 2. The van der Waals surface area contributed by atoms with Gasteiger partial charge in [-0.15, -0.1) is 0 Å². The molecule has 3 aromatic rings. The molecule has 0 bridgehead atoms. The third kappa shape index (κ3) is 6.10. The highest BCUT2D eigenvalue weighted by molar-refractivity contribution is 6.39. The minimum atomic E-state index is -0.822. The number of rotatable bonds is 9. The Morgan fingerprint density at radius 3 is 2.43 bits per heavy atom. The summed E-state index contributed by atoms with van der Waals surface area (Å²) in [6.07, 6.45) is 2.25. The summed E-state index contributed by atoms with van der Waals surface area (Å²) in [6.45, 7) is 2.82. The molecule has 0 aliphatic carbocycles. The molecule has 1 fully saturated rings. The Hall–Kier alpha value is -4.30. The largest absolute Gasteiger partial charge is 0.494 e. The molecule has 0 atom stereocenters. The standard InChI is InChI=1S/C28H25ClN2O6/c1-3-13-36-22-10-8-21(9-11-22)31-27(33)23(26(32)30-28(31)34)15-18-7-12-24(25(16-18)35-2)37-17-19-5-4-6-20(29)14-19/h4-12,14-16H,3,13,17H2,1-2H3,(H,30,32,34)/b23-15-. The Morgan fingerprint density at radius 1 is 0.946 bits per heavy atom. The van der Waals surface area contributed by atoms with Crippen molar-refractivity contribution < 1.29 is 28.6 Å². The van der Waals surface area contributed by atoms with E-state index >= 15 is 0 Å². The van der Waals surface area contributed by atoms with Crippen LogP contribution in [0.2, 0.25) is 5.02 Å². The summed E-state index contributed by atoms with van der Waals surface area (Å²) >= 11 is 6.03. The summed E-state index contributed by atoms with van der Waals surface area (Å²) in [7, 11) is 1.49. The van der Waals surface area contributed by atoms with Crippen LogP contribution in [-0.4, -0.2) is 31.6 Å². The molecule has 0 spiro atoms. The Labute approximate surface area is 219 Å². The molecule has 0 saturated carbocycles. The van der Waals surface area contributed by atoms with Gasteiger partial charge in [0.1, 0.15) is 17.9 Å². The molecule has 0 unspecified atom stereocenters. The number of urea groups is 1. The number of hydrogen-bond acceptors (Lipinski definition) is 6. The number of barbiturate groups is 1. The molecule has 8 nitrogen and oxygen atoms in total. The molecule has 4 amide bonds. The molecule has 1 aliphatic rings. The molecule has 0 radical (unpaired) electrons. The van der Waals surface area contributed by atoms with Gasteiger partial charge in [0.05, 0.1) is 19.4 Å². The van der Waals surface area contributed by atoms with Crippen LogP contribution in [0.5, 0.6) is 17.2 Å². The van der Waals surface area contributed by atoms with Gasteiger partial charge in [0.2, 0.25) is 0 Å². The van der Waals surface area contributed by atoms with Gasteiger partial charge in [-0.05, 0) is 72.2 Å². The molecule has 0 aromatic heterocycles. The normalized spacial score (nSPS) is 14.5. The van der Waals surface area contributed by atoms with Gasteiger partial charge in [-0.1, -0.05) is 36.7 Å². The number of carbonyl (C=O) groups excluding carboxylic acids is 3. The number of carbonyl (C=O) groups is 3. The maximum absolute atomic E-state index is 13.2. The Bertz CT molecular complexity index is 1350. The van der Waals surface area contributed by atoms with Crippen LogP contribution in [-0.2, 0) is 16.2 Å². The molecule has 1 saturated heterocycles. The van der Waals surface area contributed by atoms with Gasteiger partial charge < -0.3 is 14.2 Å². The Balaban J connectivity index is 1.55. The average molecular weight is 521 g/mol. The summed E-state index contributed by atoms with van der Waals surface area (Å²) in [5.41, 5.74) is 1.52. The molecule has 37 heavy (non-hydrogen) atoms. The number of halogens is 1. The van der Waals surface area contributed by atoms with E-state index < -0.39 is 17.8 Å². The highest BCUT2D eigenvalue weighted by Crippen LogP contribution is 2.31. The van der Waals surface area contributed by atoms with E-state index in [2.05, 4.69) is 5.32 Å². The second-order valence-corrected chi connectivity index (χ2v) is 8.57. The maximum atomic E-state index is 13.2. The summed E-state index contributed by atoms with van der Waals surface area (Å²) < 4.78 is 16.9. The highest BCUT2D eigenvalue weighted by Gasteiger charge is 2.36. The van der Waals surface area contributed by atoms with Gasteiger partial charge in [-0.2, -0.15) is 0 Å². The number of ether oxygens (including phenoxy) is 3. The molecule has 1 aliphatic heterocycles. The second kappa shape index (κ2) is 11.6. The van der Waals surface area contributed by atoms with E-state index in [1.165, 1.54) is 13.2 Å². The lowest BCUT2D eigenvalue weighted by molar-refractivity contribution is -0.122. The van der Waals surface area contributed by atoms with Crippen LogP contribution in [0.3, 0.4) is 0 Å². The number of nitrogens with zero attached hydrogens (tertiary/aromatic N) is 1. The number of hydrogen-bond donors (Lipinski definition) is 1. The summed E-state index contributed by atoms with van der Waals surface area (Å²) in [6, 6.07) is 18.0. The van der Waals surface area contributed by atoms with Crippen LogP contribution < -0.4 is 24.4 Å². The van der Waals surface area contributed by atoms with Crippen molar-refractivity contribution >= 4 is 41.2 Å². The lowest BCUT2D eigenvalue weighted by atomic mass is 10.1. The second-order valence-electron chi connectivity index (χ2n) is 8.13. The molecule has 1 N–H and O–H groups in total. The first-order chi connectivity index (χ1) is 17.9. The van der Waals surface area contributed by atoms with Crippen LogP contribution in [0.1, 0.15) is 24.5 Å². The van der Waals surface area contributed by atoms with Crippen molar-refractivity contribution in [3.05, 3.63) is 88.5 Å². The smallest absolute Gasteiger partial charge is 0.335 e. The van der Waals surface area contributed by atoms with E-state index in [9.17, 15) is 14.4 Å². The first-order valence-corrected chi connectivity index (χ1v) is 12.0. The van der Waals surface area contributed by atoms with Crippen LogP contribution in [0.4, 0.5) is 10.5 Å². The number of methoxy groups -OCH3 is 1. The monoisotopic (exact) mass is 520 g/mol. The van der Waals surface area contributed by atoms with Crippen LogP contribution in [0, 0.1) is 0 Å². The maximum Gasteiger partial charge on any atom is 0.335 e. The molecule has 1 heterocycles. The fourth-order valence-corrected chi connectivity index (χ4v) is 3.86. The zero-order valence-corrected chi connectivity index (χ0v) is 21.1. The zero-order chi connectivity index (χ0) is 26.4. The quantitative estimate of drug-likeness (QED) is 0.300. The third-order valence-corrected chi connectivity index (χ3v) is 5.69.